The summed E-state index contributed by atoms with van der Waals surface area (Å²) in [6, 6.07) is 4.16. The summed E-state index contributed by atoms with van der Waals surface area (Å²) in [5.74, 6) is -0.808. The van der Waals surface area contributed by atoms with Crippen LogP contribution in [-0.4, -0.2) is 18.2 Å². The summed E-state index contributed by atoms with van der Waals surface area (Å²) in [7, 11) is 1.43. The Labute approximate surface area is 80.3 Å². The highest BCUT2D eigenvalue weighted by atomic mass is 19.1. The summed E-state index contributed by atoms with van der Waals surface area (Å²) in [4.78, 5) is 10.7. The maximum absolute atomic E-state index is 13.2. The Hall–Kier alpha value is -1.62. The second-order valence-electron chi connectivity index (χ2n) is 2.67. The third-order valence-corrected chi connectivity index (χ3v) is 1.74. The van der Waals surface area contributed by atoms with E-state index < -0.39 is 11.7 Å². The Morgan fingerprint density at radius 3 is 2.86 bits per heavy atom. The van der Waals surface area contributed by atoms with E-state index in [9.17, 15) is 9.18 Å². The number of nitrogens with one attached hydrogen (secondary N) is 1. The van der Waals surface area contributed by atoms with E-state index in [1.54, 1.807) is 6.07 Å². The van der Waals surface area contributed by atoms with Gasteiger partial charge in [-0.15, -0.1) is 0 Å². The standard InChI is InChI=1S/C9H10FNO3/c1-14-7-3-2-6(8(10)5-7)4-9(12)11-13/h2-3,5,13H,4H2,1H3,(H,11,12). The Kier molecular flexibility index (Phi) is 3.41. The van der Waals surface area contributed by atoms with Crippen LogP contribution >= 0.6 is 0 Å². The number of carbonyl (C=O) groups is 1. The first kappa shape index (κ1) is 10.5. The number of halogens is 1. The molecule has 1 aromatic rings. The second-order valence-corrected chi connectivity index (χ2v) is 2.67. The van der Waals surface area contributed by atoms with E-state index >= 15 is 0 Å². The summed E-state index contributed by atoms with van der Waals surface area (Å²) < 4.78 is 18.0. The molecule has 0 heterocycles. The fourth-order valence-electron chi connectivity index (χ4n) is 1.01. The van der Waals surface area contributed by atoms with Gasteiger partial charge in [0.25, 0.3) is 0 Å². The van der Waals surface area contributed by atoms with E-state index in [0.29, 0.717) is 5.75 Å². The summed E-state index contributed by atoms with van der Waals surface area (Å²) in [6.07, 6.45) is -0.202. The molecule has 0 saturated carbocycles. The quantitative estimate of drug-likeness (QED) is 0.561. The smallest absolute Gasteiger partial charge is 0.247 e. The number of benzene rings is 1. The highest BCUT2D eigenvalue weighted by molar-refractivity contribution is 5.77. The van der Waals surface area contributed by atoms with Crippen LogP contribution in [0.4, 0.5) is 4.39 Å². The van der Waals surface area contributed by atoms with E-state index in [1.807, 2.05) is 0 Å². The van der Waals surface area contributed by atoms with E-state index in [-0.39, 0.29) is 12.0 Å². The van der Waals surface area contributed by atoms with Crippen LogP contribution in [0.25, 0.3) is 0 Å². The maximum atomic E-state index is 13.2. The van der Waals surface area contributed by atoms with Crippen molar-refractivity contribution in [2.45, 2.75) is 6.42 Å². The van der Waals surface area contributed by atoms with Gasteiger partial charge in [0.05, 0.1) is 13.5 Å². The highest BCUT2D eigenvalue weighted by Crippen LogP contribution is 2.16. The lowest BCUT2D eigenvalue weighted by atomic mass is 10.1. The average molecular weight is 199 g/mol. The predicted molar refractivity (Wildman–Crippen MR) is 46.6 cm³/mol. The largest absolute Gasteiger partial charge is 0.497 e. The fraction of sp³-hybridized carbons (Fsp3) is 0.222. The zero-order chi connectivity index (χ0) is 10.6. The molecule has 1 amide bonds. The van der Waals surface area contributed by atoms with Crippen molar-refractivity contribution < 1.29 is 19.1 Å². The van der Waals surface area contributed by atoms with E-state index in [2.05, 4.69) is 0 Å². The molecule has 5 heteroatoms. The SMILES string of the molecule is COc1ccc(CC(=O)NO)c(F)c1. The van der Waals surface area contributed by atoms with Crippen molar-refractivity contribution in [3.63, 3.8) is 0 Å². The van der Waals surface area contributed by atoms with Gasteiger partial charge in [0.1, 0.15) is 11.6 Å². The van der Waals surface area contributed by atoms with Crippen LogP contribution in [-0.2, 0) is 11.2 Å². The van der Waals surface area contributed by atoms with Gasteiger partial charge in [-0.25, -0.2) is 9.87 Å². The van der Waals surface area contributed by atoms with Gasteiger partial charge in [-0.3, -0.25) is 10.0 Å². The van der Waals surface area contributed by atoms with E-state index in [0.717, 1.165) is 0 Å². The van der Waals surface area contributed by atoms with Gasteiger partial charge in [-0.1, -0.05) is 6.07 Å². The molecule has 0 unspecified atom stereocenters. The van der Waals surface area contributed by atoms with Crippen molar-refractivity contribution in [3.8, 4) is 5.75 Å². The van der Waals surface area contributed by atoms with Crippen LogP contribution < -0.4 is 10.2 Å². The molecule has 0 aliphatic carbocycles. The van der Waals surface area contributed by atoms with Gasteiger partial charge in [0, 0.05) is 6.07 Å². The second kappa shape index (κ2) is 4.57. The van der Waals surface area contributed by atoms with Gasteiger partial charge in [0.15, 0.2) is 0 Å². The van der Waals surface area contributed by atoms with Crippen molar-refractivity contribution in [1.29, 1.82) is 0 Å². The van der Waals surface area contributed by atoms with Gasteiger partial charge in [-0.05, 0) is 11.6 Å². The number of amides is 1. The first-order chi connectivity index (χ1) is 6.67. The first-order valence-corrected chi connectivity index (χ1v) is 3.92. The van der Waals surface area contributed by atoms with Crippen molar-refractivity contribution in [2.75, 3.05) is 7.11 Å². The molecule has 76 valence electrons. The van der Waals surface area contributed by atoms with E-state index in [1.165, 1.54) is 24.7 Å². The maximum Gasteiger partial charge on any atom is 0.247 e. The van der Waals surface area contributed by atoms with Gasteiger partial charge in [-0.2, -0.15) is 0 Å². The third-order valence-electron chi connectivity index (χ3n) is 1.74. The van der Waals surface area contributed by atoms with Crippen LogP contribution in [0.15, 0.2) is 18.2 Å². The van der Waals surface area contributed by atoms with Gasteiger partial charge in [0.2, 0.25) is 5.91 Å². The Balaban J connectivity index is 2.83. The molecule has 1 aromatic carbocycles. The molecule has 0 aliphatic rings. The Bertz CT molecular complexity index is 341. The fourth-order valence-corrected chi connectivity index (χ4v) is 1.01. The molecule has 14 heavy (non-hydrogen) atoms. The minimum absolute atomic E-state index is 0.202. The zero-order valence-electron chi connectivity index (χ0n) is 7.58. The number of ether oxygens (including phenoxy) is 1. The lowest BCUT2D eigenvalue weighted by molar-refractivity contribution is -0.128. The highest BCUT2D eigenvalue weighted by Gasteiger charge is 2.08. The topological polar surface area (TPSA) is 58.6 Å². The molecule has 0 aliphatic heterocycles. The summed E-state index contributed by atoms with van der Waals surface area (Å²) >= 11 is 0. The van der Waals surface area contributed by atoms with Crippen molar-refractivity contribution in [2.24, 2.45) is 0 Å². The third kappa shape index (κ3) is 2.43. The molecule has 0 fully saturated rings. The van der Waals surface area contributed by atoms with Crippen LogP contribution in [0.2, 0.25) is 0 Å². The summed E-state index contributed by atoms with van der Waals surface area (Å²) in [5, 5.41) is 8.24. The predicted octanol–water partition coefficient (Wildman–Crippen LogP) is 0.882. The number of carbonyl (C=O) groups excluding carboxylic acids is 1. The van der Waals surface area contributed by atoms with Crippen LogP contribution in [0.5, 0.6) is 5.75 Å². The summed E-state index contributed by atoms with van der Waals surface area (Å²) in [6.45, 7) is 0. The van der Waals surface area contributed by atoms with Crippen LogP contribution in [0, 0.1) is 5.82 Å². The Morgan fingerprint density at radius 1 is 1.64 bits per heavy atom. The lowest BCUT2D eigenvalue weighted by Gasteiger charge is -2.04. The molecule has 0 spiro atoms. The number of hydroxylamine groups is 1. The van der Waals surface area contributed by atoms with Crippen LogP contribution in [0.1, 0.15) is 5.56 Å². The molecule has 0 radical (unpaired) electrons. The average Bonchev–Trinajstić information content (AvgIpc) is 2.20. The minimum Gasteiger partial charge on any atom is -0.497 e. The molecule has 0 saturated heterocycles. The summed E-state index contributed by atoms with van der Waals surface area (Å²) in [5.41, 5.74) is 1.64. The number of hydrogen-bond acceptors (Lipinski definition) is 3. The molecular weight excluding hydrogens is 189 g/mol. The molecule has 0 atom stereocenters. The zero-order valence-corrected chi connectivity index (χ0v) is 7.58. The molecular formula is C9H10FNO3. The minimum atomic E-state index is -0.658. The monoisotopic (exact) mass is 199 g/mol. The Morgan fingerprint density at radius 2 is 2.36 bits per heavy atom. The number of rotatable bonds is 3. The van der Waals surface area contributed by atoms with Crippen molar-refractivity contribution in [3.05, 3.63) is 29.6 Å². The van der Waals surface area contributed by atoms with Crippen LogP contribution in [0.3, 0.4) is 0 Å². The normalized spacial score (nSPS) is 9.64. The number of hydrogen-bond donors (Lipinski definition) is 2. The van der Waals surface area contributed by atoms with Gasteiger partial charge < -0.3 is 4.74 Å². The van der Waals surface area contributed by atoms with Crippen molar-refractivity contribution >= 4 is 5.91 Å². The van der Waals surface area contributed by atoms with E-state index in [4.69, 9.17) is 9.94 Å². The molecule has 1 rings (SSSR count). The van der Waals surface area contributed by atoms with Gasteiger partial charge >= 0.3 is 0 Å². The van der Waals surface area contributed by atoms with Crippen molar-refractivity contribution in [1.82, 2.24) is 5.48 Å². The number of methoxy groups -OCH3 is 1. The molecule has 0 aromatic heterocycles. The molecule has 4 nitrogen and oxygen atoms in total. The molecule has 2 N–H and O–H groups in total. The lowest BCUT2D eigenvalue weighted by Crippen LogP contribution is -2.21. The molecule has 0 bridgehead atoms. The first-order valence-electron chi connectivity index (χ1n) is 3.92.